The molecule has 0 aromatic carbocycles. The monoisotopic (exact) mass is 1410 g/mol. The first-order chi connectivity index (χ1) is 46.7. The summed E-state index contributed by atoms with van der Waals surface area (Å²) in [7, 11) is -9.87. The summed E-state index contributed by atoms with van der Waals surface area (Å²) in [5.74, 6) is -1.50. The molecule has 0 rings (SSSR count). The Morgan fingerprint density at radius 2 is 0.500 bits per heavy atom. The number of esters is 3. The maximum absolute atomic E-state index is 13.1. The van der Waals surface area contributed by atoms with Crippen molar-refractivity contribution in [2.75, 3.05) is 39.6 Å². The number of aliphatic hydroxyl groups excluding tert-OH is 2. The minimum atomic E-state index is -4.95. The molecule has 0 bridgehead atoms. The van der Waals surface area contributed by atoms with Gasteiger partial charge in [0, 0.05) is 19.3 Å². The van der Waals surface area contributed by atoms with Crippen LogP contribution in [0.2, 0.25) is 0 Å². The molecule has 0 fully saturated rings. The van der Waals surface area contributed by atoms with Gasteiger partial charge in [0.2, 0.25) is 0 Å². The molecule has 0 heterocycles. The van der Waals surface area contributed by atoms with Gasteiger partial charge in [-0.15, -0.1) is 0 Å². The van der Waals surface area contributed by atoms with Crippen LogP contribution in [0.5, 0.6) is 0 Å². The van der Waals surface area contributed by atoms with E-state index >= 15 is 0 Å². The van der Waals surface area contributed by atoms with E-state index in [9.17, 15) is 43.5 Å². The van der Waals surface area contributed by atoms with Crippen LogP contribution in [0.1, 0.15) is 413 Å². The second kappa shape index (κ2) is 71.9. The highest BCUT2D eigenvalue weighted by Crippen LogP contribution is 2.45. The molecule has 0 aromatic rings. The Labute approximate surface area is 588 Å². The first kappa shape index (κ1) is 94.5. The SMILES string of the molecule is CCCCCCCCCCCCCCCCCC(=O)O[C@H](COC(=O)CCCCCCCCCCCCCCC)COP(=O)(O)OC[C@@H](O)COP(=O)(O)OC[C@@H](COC(=O)CCCCCCCCCCCCCCC)OC(O)CCCCCCCCCCCCCCCCC. The zero-order valence-corrected chi connectivity index (χ0v) is 64.3. The summed E-state index contributed by atoms with van der Waals surface area (Å²) in [6, 6.07) is 0. The summed E-state index contributed by atoms with van der Waals surface area (Å²) in [6.45, 7) is 5.19. The highest BCUT2D eigenvalue weighted by molar-refractivity contribution is 7.47. The molecule has 3 unspecified atom stereocenters. The number of phosphoric acid groups is 2. The Balaban J connectivity index is 5.26. The summed E-state index contributed by atoms with van der Waals surface area (Å²) in [5.41, 5.74) is 0. The first-order valence-corrected chi connectivity index (χ1v) is 43.4. The second-order valence-corrected chi connectivity index (χ2v) is 30.8. The Morgan fingerprint density at radius 1 is 0.281 bits per heavy atom. The average Bonchev–Trinajstić information content (AvgIpc) is 1.19. The maximum atomic E-state index is 13.1. The van der Waals surface area contributed by atoms with Crippen molar-refractivity contribution in [3.05, 3.63) is 0 Å². The van der Waals surface area contributed by atoms with E-state index in [2.05, 4.69) is 27.7 Å². The molecule has 0 amide bonds. The minimum absolute atomic E-state index is 0.113. The van der Waals surface area contributed by atoms with E-state index in [0.29, 0.717) is 32.1 Å². The van der Waals surface area contributed by atoms with Crippen molar-refractivity contribution in [1.82, 2.24) is 0 Å². The second-order valence-electron chi connectivity index (χ2n) is 27.9. The van der Waals surface area contributed by atoms with Gasteiger partial charge in [0.1, 0.15) is 25.4 Å². The Kier molecular flexibility index (Phi) is 70.8. The number of hydrogen-bond acceptors (Lipinski definition) is 15. The normalized spacial score (nSPS) is 14.3. The number of carbonyl (C=O) groups is 3. The van der Waals surface area contributed by atoms with Gasteiger partial charge in [-0.3, -0.25) is 32.5 Å². The van der Waals surface area contributed by atoms with Gasteiger partial charge in [-0.05, 0) is 32.1 Å². The van der Waals surface area contributed by atoms with Crippen LogP contribution < -0.4 is 0 Å². The lowest BCUT2D eigenvalue weighted by Crippen LogP contribution is -2.31. The highest BCUT2D eigenvalue weighted by atomic mass is 31.2. The smallest absolute Gasteiger partial charge is 0.463 e. The van der Waals surface area contributed by atoms with Gasteiger partial charge >= 0.3 is 33.6 Å². The van der Waals surface area contributed by atoms with Crippen molar-refractivity contribution in [2.24, 2.45) is 0 Å². The predicted octanol–water partition coefficient (Wildman–Crippen LogP) is 22.8. The molecular formula is C77H152O17P2. The summed E-state index contributed by atoms with van der Waals surface area (Å²) in [6.07, 6.45) is 61.7. The van der Waals surface area contributed by atoms with Crippen LogP contribution in [-0.2, 0) is 60.6 Å². The largest absolute Gasteiger partial charge is 0.472 e. The van der Waals surface area contributed by atoms with Crippen LogP contribution in [0.25, 0.3) is 0 Å². The van der Waals surface area contributed by atoms with Gasteiger partial charge < -0.3 is 38.9 Å². The minimum Gasteiger partial charge on any atom is -0.463 e. The van der Waals surface area contributed by atoms with E-state index < -0.39 is 91.2 Å². The topological polar surface area (TPSA) is 240 Å². The molecule has 0 aliphatic heterocycles. The van der Waals surface area contributed by atoms with Gasteiger partial charge in [0.15, 0.2) is 12.4 Å². The standard InChI is InChI=1S/C77H152O17P2/c1-5-9-13-17-21-25-29-33-35-39-43-47-51-55-59-63-76(81)93-72(67-87-74(79)61-57-53-49-45-41-37-31-27-23-19-15-11-7-3)69-91-95(83,84)89-65-71(78)66-90-96(85,86)92-70-73(68-88-75(80)62-58-54-50-46-42-38-32-28-24-20-16-12-8-4)94-77(82)64-60-56-52-48-44-40-36-34-30-26-22-18-14-10-6-2/h71-73,76,78,81H,5-70H2,1-4H3,(H,83,84)(H,85,86)/t71-,72+,73+,76?/m0/s1. The lowest BCUT2D eigenvalue weighted by atomic mass is 10.0. The van der Waals surface area contributed by atoms with Crippen LogP contribution in [0.4, 0.5) is 0 Å². The van der Waals surface area contributed by atoms with Crippen LogP contribution in [0, 0.1) is 0 Å². The van der Waals surface area contributed by atoms with E-state index in [1.54, 1.807) is 0 Å². The van der Waals surface area contributed by atoms with Crippen molar-refractivity contribution in [2.45, 2.75) is 438 Å². The molecule has 6 atom stereocenters. The summed E-state index contributed by atoms with van der Waals surface area (Å²) in [4.78, 5) is 59.9. The van der Waals surface area contributed by atoms with E-state index in [1.165, 1.54) is 250 Å². The molecule has 0 aromatic heterocycles. The van der Waals surface area contributed by atoms with E-state index in [1.807, 2.05) is 0 Å². The summed E-state index contributed by atoms with van der Waals surface area (Å²) >= 11 is 0. The zero-order valence-electron chi connectivity index (χ0n) is 62.5. The number of phosphoric ester groups is 2. The van der Waals surface area contributed by atoms with E-state index in [-0.39, 0.29) is 25.9 Å². The van der Waals surface area contributed by atoms with Crippen LogP contribution in [0.3, 0.4) is 0 Å². The summed E-state index contributed by atoms with van der Waals surface area (Å²) < 4.78 is 69.0. The fraction of sp³-hybridized carbons (Fsp3) is 0.961. The molecule has 17 nitrogen and oxygen atoms in total. The van der Waals surface area contributed by atoms with Gasteiger partial charge in [-0.25, -0.2) is 9.13 Å². The van der Waals surface area contributed by atoms with Gasteiger partial charge in [-0.2, -0.15) is 0 Å². The van der Waals surface area contributed by atoms with Crippen molar-refractivity contribution in [1.29, 1.82) is 0 Å². The Morgan fingerprint density at radius 3 is 0.781 bits per heavy atom. The molecule has 19 heteroatoms. The molecule has 0 saturated heterocycles. The number of unbranched alkanes of at least 4 members (excludes halogenated alkanes) is 52. The van der Waals surface area contributed by atoms with Crippen molar-refractivity contribution in [3.63, 3.8) is 0 Å². The third-order valence-electron chi connectivity index (χ3n) is 18.2. The fourth-order valence-electron chi connectivity index (χ4n) is 12.0. The molecule has 572 valence electrons. The molecule has 4 N–H and O–H groups in total. The number of aliphatic hydroxyl groups is 2. The molecule has 0 radical (unpaired) electrons. The van der Waals surface area contributed by atoms with Gasteiger partial charge in [0.05, 0.1) is 26.4 Å². The fourth-order valence-corrected chi connectivity index (χ4v) is 13.6. The third-order valence-corrected chi connectivity index (χ3v) is 20.1. The zero-order chi connectivity index (χ0) is 70.4. The number of hydrogen-bond donors (Lipinski definition) is 4. The van der Waals surface area contributed by atoms with Crippen LogP contribution >= 0.6 is 15.6 Å². The lowest BCUT2D eigenvalue weighted by molar-refractivity contribution is -0.174. The quantitative estimate of drug-likeness (QED) is 0.0145. The molecule has 0 aliphatic carbocycles. The molecule has 0 spiro atoms. The van der Waals surface area contributed by atoms with Gasteiger partial charge in [0.25, 0.3) is 0 Å². The molecule has 0 saturated carbocycles. The molecule has 0 aliphatic rings. The summed E-state index contributed by atoms with van der Waals surface area (Å²) in [5, 5.41) is 21.5. The average molecular weight is 1410 g/mol. The third kappa shape index (κ3) is 70.9. The van der Waals surface area contributed by atoms with Crippen LogP contribution in [0.15, 0.2) is 0 Å². The Bertz CT molecular complexity index is 1780. The maximum Gasteiger partial charge on any atom is 0.472 e. The van der Waals surface area contributed by atoms with Crippen molar-refractivity contribution < 1.29 is 80.6 Å². The highest BCUT2D eigenvalue weighted by Gasteiger charge is 2.30. The van der Waals surface area contributed by atoms with Crippen molar-refractivity contribution in [3.8, 4) is 0 Å². The number of carbonyl (C=O) groups excluding carboxylic acids is 3. The predicted molar refractivity (Wildman–Crippen MR) is 392 cm³/mol. The van der Waals surface area contributed by atoms with E-state index in [4.69, 9.17) is 37.0 Å². The van der Waals surface area contributed by atoms with E-state index in [0.717, 1.165) is 83.5 Å². The first-order valence-electron chi connectivity index (χ1n) is 40.4. The Hall–Kier alpha value is -1.49. The van der Waals surface area contributed by atoms with Crippen LogP contribution in [-0.4, -0.2) is 102 Å². The van der Waals surface area contributed by atoms with Gasteiger partial charge in [-0.1, -0.05) is 362 Å². The molecular weight excluding hydrogens is 1260 g/mol. The number of ether oxygens (including phenoxy) is 4. The molecule has 96 heavy (non-hydrogen) atoms. The lowest BCUT2D eigenvalue weighted by Gasteiger charge is -2.23. The van der Waals surface area contributed by atoms with Crippen molar-refractivity contribution >= 4 is 33.6 Å². The number of rotatable bonds is 79.